The fourth-order valence-electron chi connectivity index (χ4n) is 2.09. The van der Waals surface area contributed by atoms with Crippen molar-refractivity contribution in [3.8, 4) is 11.3 Å². The number of rotatable bonds is 6. The van der Waals surface area contributed by atoms with Crippen molar-refractivity contribution < 1.29 is 5.11 Å². The van der Waals surface area contributed by atoms with E-state index in [1.54, 1.807) is 10.9 Å². The molecule has 3 rings (SSSR count). The summed E-state index contributed by atoms with van der Waals surface area (Å²) in [6.45, 7) is 1.23. The first-order valence-corrected chi connectivity index (χ1v) is 6.82. The highest BCUT2D eigenvalue weighted by Gasteiger charge is 2.04. The van der Waals surface area contributed by atoms with E-state index in [-0.39, 0.29) is 6.61 Å². The number of aliphatic hydroxyl groups excluding tert-OH is 1. The Morgan fingerprint density at radius 1 is 1.24 bits per heavy atom. The lowest BCUT2D eigenvalue weighted by Crippen LogP contribution is -2.02. The molecule has 2 aromatic heterocycles. The van der Waals surface area contributed by atoms with Crippen LogP contribution < -0.4 is 5.32 Å². The van der Waals surface area contributed by atoms with E-state index in [0.717, 1.165) is 22.6 Å². The minimum Gasteiger partial charge on any atom is -0.394 e. The molecule has 3 N–H and O–H groups in total. The van der Waals surface area contributed by atoms with E-state index in [2.05, 4.69) is 20.6 Å². The number of nitrogens with one attached hydrogen (secondary N) is 2. The van der Waals surface area contributed by atoms with Crippen molar-refractivity contribution >= 4 is 5.69 Å². The van der Waals surface area contributed by atoms with Crippen LogP contribution in [0.1, 0.15) is 5.69 Å². The number of hydrogen-bond acceptors (Lipinski definition) is 4. The lowest BCUT2D eigenvalue weighted by atomic mass is 10.1. The molecule has 1 aromatic carbocycles. The van der Waals surface area contributed by atoms with Crippen molar-refractivity contribution in [3.05, 3.63) is 54.5 Å². The number of hydrogen-bond donors (Lipinski definition) is 3. The Hall–Kier alpha value is -2.60. The van der Waals surface area contributed by atoms with Gasteiger partial charge in [-0.25, -0.2) is 0 Å². The maximum Gasteiger partial charge on any atom is 0.0924 e. The summed E-state index contributed by atoms with van der Waals surface area (Å²) in [5, 5.41) is 23.6. The Morgan fingerprint density at radius 2 is 2.10 bits per heavy atom. The van der Waals surface area contributed by atoms with Gasteiger partial charge >= 0.3 is 0 Å². The second kappa shape index (κ2) is 6.23. The maximum atomic E-state index is 8.85. The normalized spacial score (nSPS) is 10.7. The number of nitrogens with zero attached hydrogens (tertiary/aromatic N) is 3. The summed E-state index contributed by atoms with van der Waals surface area (Å²) in [6.07, 6.45) is 3.61. The van der Waals surface area contributed by atoms with Crippen LogP contribution in [0, 0.1) is 0 Å². The van der Waals surface area contributed by atoms with Crippen LogP contribution >= 0.6 is 0 Å². The molecular weight excluding hydrogens is 266 g/mol. The van der Waals surface area contributed by atoms with Gasteiger partial charge in [0.1, 0.15) is 0 Å². The number of aliphatic hydroxyl groups is 1. The Balaban J connectivity index is 1.62. The van der Waals surface area contributed by atoms with Crippen LogP contribution in [0.15, 0.2) is 48.8 Å². The molecule has 21 heavy (non-hydrogen) atoms. The zero-order valence-corrected chi connectivity index (χ0v) is 11.5. The van der Waals surface area contributed by atoms with E-state index in [0.29, 0.717) is 13.1 Å². The average Bonchev–Trinajstić information content (AvgIpc) is 3.16. The standard InChI is InChI=1S/C15H17N5O/c21-7-6-20-11-14(10-17-20)16-9-13-8-15(19-18-13)12-4-2-1-3-5-12/h1-5,8,10-11,16,21H,6-7,9H2,(H,18,19). The van der Waals surface area contributed by atoms with E-state index in [1.807, 2.05) is 42.6 Å². The quantitative estimate of drug-likeness (QED) is 0.645. The van der Waals surface area contributed by atoms with Crippen molar-refractivity contribution in [3.63, 3.8) is 0 Å². The molecule has 0 atom stereocenters. The molecule has 0 spiro atoms. The third-order valence-corrected chi connectivity index (χ3v) is 3.15. The first-order chi connectivity index (χ1) is 10.3. The summed E-state index contributed by atoms with van der Waals surface area (Å²) in [5.41, 5.74) is 3.95. The van der Waals surface area contributed by atoms with Gasteiger partial charge in [0.15, 0.2) is 0 Å². The third kappa shape index (κ3) is 3.29. The number of aromatic nitrogens is 4. The Kier molecular flexibility index (Phi) is 3.97. The van der Waals surface area contributed by atoms with Crippen LogP contribution in [0.3, 0.4) is 0 Å². The molecule has 0 fully saturated rings. The number of benzene rings is 1. The molecule has 3 aromatic rings. The monoisotopic (exact) mass is 283 g/mol. The fourth-order valence-corrected chi connectivity index (χ4v) is 2.09. The average molecular weight is 283 g/mol. The molecule has 0 aliphatic heterocycles. The van der Waals surface area contributed by atoms with E-state index in [9.17, 15) is 0 Å². The van der Waals surface area contributed by atoms with Gasteiger partial charge in [-0.15, -0.1) is 0 Å². The molecule has 0 bridgehead atoms. The minimum absolute atomic E-state index is 0.0854. The second-order valence-corrected chi connectivity index (χ2v) is 4.71. The van der Waals surface area contributed by atoms with Crippen LogP contribution in [-0.4, -0.2) is 31.7 Å². The smallest absolute Gasteiger partial charge is 0.0924 e. The molecule has 0 radical (unpaired) electrons. The van der Waals surface area contributed by atoms with Gasteiger partial charge in [-0.05, 0) is 6.07 Å². The predicted octanol–water partition coefficient (Wildman–Crippen LogP) is 1.88. The van der Waals surface area contributed by atoms with Crippen molar-refractivity contribution in [2.24, 2.45) is 0 Å². The van der Waals surface area contributed by atoms with Gasteiger partial charge in [-0.3, -0.25) is 9.78 Å². The molecule has 6 nitrogen and oxygen atoms in total. The molecule has 0 amide bonds. The second-order valence-electron chi connectivity index (χ2n) is 4.71. The third-order valence-electron chi connectivity index (χ3n) is 3.15. The highest BCUT2D eigenvalue weighted by molar-refractivity contribution is 5.59. The lowest BCUT2D eigenvalue weighted by Gasteiger charge is -2.00. The SMILES string of the molecule is OCCn1cc(NCc2cc(-c3ccccc3)n[nH]2)cn1. The molecule has 0 saturated carbocycles. The predicted molar refractivity (Wildman–Crippen MR) is 80.7 cm³/mol. The highest BCUT2D eigenvalue weighted by atomic mass is 16.3. The highest BCUT2D eigenvalue weighted by Crippen LogP contribution is 2.17. The lowest BCUT2D eigenvalue weighted by molar-refractivity contribution is 0.269. The first-order valence-electron chi connectivity index (χ1n) is 6.82. The van der Waals surface area contributed by atoms with Gasteiger partial charge < -0.3 is 10.4 Å². The molecule has 0 aliphatic rings. The van der Waals surface area contributed by atoms with Crippen molar-refractivity contribution in [2.75, 3.05) is 11.9 Å². The zero-order chi connectivity index (χ0) is 14.5. The summed E-state index contributed by atoms with van der Waals surface area (Å²) in [4.78, 5) is 0. The number of H-pyrrole nitrogens is 1. The van der Waals surface area contributed by atoms with Gasteiger partial charge in [-0.2, -0.15) is 10.2 Å². The molecule has 6 heteroatoms. The molecule has 0 unspecified atom stereocenters. The molecule has 0 saturated heterocycles. The van der Waals surface area contributed by atoms with E-state index in [4.69, 9.17) is 5.11 Å². The summed E-state index contributed by atoms with van der Waals surface area (Å²) < 4.78 is 1.70. The first kappa shape index (κ1) is 13.4. The van der Waals surface area contributed by atoms with Gasteiger partial charge in [-0.1, -0.05) is 30.3 Å². The largest absolute Gasteiger partial charge is 0.394 e. The summed E-state index contributed by atoms with van der Waals surface area (Å²) in [6, 6.07) is 12.1. The molecule has 108 valence electrons. The topological polar surface area (TPSA) is 78.8 Å². The van der Waals surface area contributed by atoms with E-state index in [1.165, 1.54) is 0 Å². The fraction of sp³-hybridized carbons (Fsp3) is 0.200. The van der Waals surface area contributed by atoms with Gasteiger partial charge in [0.05, 0.1) is 43.0 Å². The molecule has 0 aliphatic carbocycles. The van der Waals surface area contributed by atoms with Crippen LogP contribution in [0.25, 0.3) is 11.3 Å². The van der Waals surface area contributed by atoms with E-state index >= 15 is 0 Å². The van der Waals surface area contributed by atoms with E-state index < -0.39 is 0 Å². The summed E-state index contributed by atoms with van der Waals surface area (Å²) in [7, 11) is 0. The van der Waals surface area contributed by atoms with Crippen LogP contribution in [0.4, 0.5) is 5.69 Å². The van der Waals surface area contributed by atoms with Gasteiger partial charge in [0.2, 0.25) is 0 Å². The van der Waals surface area contributed by atoms with Crippen molar-refractivity contribution in [1.82, 2.24) is 20.0 Å². The Morgan fingerprint density at radius 3 is 2.90 bits per heavy atom. The van der Waals surface area contributed by atoms with Crippen molar-refractivity contribution in [1.29, 1.82) is 0 Å². The summed E-state index contributed by atoms with van der Waals surface area (Å²) in [5.74, 6) is 0. The Bertz CT molecular complexity index is 689. The zero-order valence-electron chi connectivity index (χ0n) is 11.5. The van der Waals surface area contributed by atoms with Gasteiger partial charge in [0, 0.05) is 11.8 Å². The Labute approximate surface area is 122 Å². The van der Waals surface area contributed by atoms with Crippen LogP contribution in [0.5, 0.6) is 0 Å². The molecule has 2 heterocycles. The van der Waals surface area contributed by atoms with Crippen LogP contribution in [0.2, 0.25) is 0 Å². The maximum absolute atomic E-state index is 8.85. The molecular formula is C15H17N5O. The number of anilines is 1. The van der Waals surface area contributed by atoms with Gasteiger partial charge in [0.25, 0.3) is 0 Å². The number of aromatic amines is 1. The summed E-state index contributed by atoms with van der Waals surface area (Å²) >= 11 is 0. The van der Waals surface area contributed by atoms with Crippen LogP contribution in [-0.2, 0) is 13.1 Å². The van der Waals surface area contributed by atoms with Crippen molar-refractivity contribution in [2.45, 2.75) is 13.1 Å². The minimum atomic E-state index is 0.0854.